The maximum atomic E-state index is 15.7. The van der Waals surface area contributed by atoms with Gasteiger partial charge in [-0.2, -0.15) is 8.78 Å². The van der Waals surface area contributed by atoms with E-state index in [4.69, 9.17) is 10.5 Å². The summed E-state index contributed by atoms with van der Waals surface area (Å²) in [5.74, 6) is -6.21. The van der Waals surface area contributed by atoms with Crippen molar-refractivity contribution in [3.05, 3.63) is 53.6 Å². The maximum Gasteiger partial charge on any atom is 0.340 e. The smallest absolute Gasteiger partial charge is 0.340 e. The van der Waals surface area contributed by atoms with Gasteiger partial charge in [-0.15, -0.1) is 0 Å². The van der Waals surface area contributed by atoms with Crippen LogP contribution in [0.1, 0.15) is 16.1 Å². The SMILES string of the molecule is NC1=NC2(c3cc(NC(=O)c4ccc(OCC(F)(F)C(F)F)cn4)ccc3F)COCC2(F)CS1. The molecule has 0 aliphatic carbocycles. The number of aliphatic imine (C=N–C) groups is 1. The van der Waals surface area contributed by atoms with E-state index in [-0.39, 0.29) is 46.8 Å². The molecule has 1 aromatic carbocycles. The molecule has 2 unspecified atom stereocenters. The highest BCUT2D eigenvalue weighted by Crippen LogP contribution is 2.50. The Kier molecular flexibility index (Phi) is 6.62. The molecule has 2 atom stereocenters. The molecule has 1 fully saturated rings. The first-order valence-corrected chi connectivity index (χ1v) is 11.1. The second kappa shape index (κ2) is 9.22. The van der Waals surface area contributed by atoms with Gasteiger partial charge in [-0.1, -0.05) is 11.8 Å². The van der Waals surface area contributed by atoms with Gasteiger partial charge in [-0.25, -0.2) is 27.5 Å². The van der Waals surface area contributed by atoms with E-state index in [1.165, 1.54) is 12.1 Å². The molecule has 2 aliphatic heterocycles. The number of rotatable bonds is 7. The van der Waals surface area contributed by atoms with Gasteiger partial charge in [0, 0.05) is 17.0 Å². The van der Waals surface area contributed by atoms with Crippen LogP contribution in [-0.4, -0.2) is 59.6 Å². The molecule has 0 saturated carbocycles. The van der Waals surface area contributed by atoms with Crippen molar-refractivity contribution in [1.29, 1.82) is 0 Å². The molecule has 14 heteroatoms. The molecule has 2 aliphatic rings. The summed E-state index contributed by atoms with van der Waals surface area (Å²) in [6, 6.07) is 5.74. The van der Waals surface area contributed by atoms with E-state index in [0.717, 1.165) is 36.2 Å². The summed E-state index contributed by atoms with van der Waals surface area (Å²) in [6.45, 7) is -2.11. The summed E-state index contributed by atoms with van der Waals surface area (Å²) >= 11 is 0.995. The Morgan fingerprint density at radius 1 is 1.29 bits per heavy atom. The van der Waals surface area contributed by atoms with Crippen LogP contribution in [0.3, 0.4) is 0 Å². The lowest BCUT2D eigenvalue weighted by molar-refractivity contribution is -0.148. The number of nitrogens with two attached hydrogens (primary N) is 1. The molecule has 35 heavy (non-hydrogen) atoms. The average molecular weight is 520 g/mol. The van der Waals surface area contributed by atoms with E-state index >= 15 is 4.39 Å². The van der Waals surface area contributed by atoms with E-state index in [0.29, 0.717) is 0 Å². The molecule has 4 rings (SSSR count). The molecule has 3 heterocycles. The van der Waals surface area contributed by atoms with Gasteiger partial charge in [0.1, 0.15) is 17.3 Å². The van der Waals surface area contributed by atoms with E-state index in [9.17, 15) is 26.7 Å². The molecule has 0 radical (unpaired) electrons. The van der Waals surface area contributed by atoms with Crippen molar-refractivity contribution in [2.45, 2.75) is 23.6 Å². The summed E-state index contributed by atoms with van der Waals surface area (Å²) in [7, 11) is 0. The number of amidine groups is 1. The van der Waals surface area contributed by atoms with E-state index < -0.39 is 41.9 Å². The minimum Gasteiger partial charge on any atom is -0.485 e. The first-order chi connectivity index (χ1) is 16.5. The molecule has 7 nitrogen and oxygen atoms in total. The number of hydrogen-bond acceptors (Lipinski definition) is 7. The van der Waals surface area contributed by atoms with Gasteiger partial charge in [-0.05, 0) is 30.3 Å². The number of hydrogen-bond donors (Lipinski definition) is 2. The lowest BCUT2D eigenvalue weighted by Gasteiger charge is -2.38. The van der Waals surface area contributed by atoms with Crippen molar-refractivity contribution in [3.63, 3.8) is 0 Å². The van der Waals surface area contributed by atoms with Crippen LogP contribution < -0.4 is 15.8 Å². The Labute approximate surface area is 199 Å². The zero-order chi connectivity index (χ0) is 25.4. The molecule has 188 valence electrons. The van der Waals surface area contributed by atoms with Gasteiger partial charge >= 0.3 is 12.3 Å². The van der Waals surface area contributed by atoms with E-state index in [2.05, 4.69) is 20.0 Å². The number of ether oxygens (including phenoxy) is 2. The van der Waals surface area contributed by atoms with Gasteiger partial charge in [-0.3, -0.25) is 4.79 Å². The standard InChI is InChI=1S/C21H18F6N4O3S/c22-14-3-1-11(5-13(14)20-8-33-7-19(20,25)10-35-18(28)31-20)30-16(32)15-4-2-12(6-29-15)34-9-21(26,27)17(23)24/h1-6,17H,7-10H2,(H2,28,31)(H,30,32). The number of pyridine rings is 1. The number of fused-ring (bicyclic) bond motifs is 1. The number of nitrogens with one attached hydrogen (secondary N) is 1. The van der Waals surface area contributed by atoms with E-state index in [1.54, 1.807) is 0 Å². The number of carbonyl (C=O) groups excluding carboxylic acids is 1. The molecule has 1 saturated heterocycles. The summed E-state index contributed by atoms with van der Waals surface area (Å²) < 4.78 is 90.7. The number of halogens is 6. The van der Waals surface area contributed by atoms with Crippen molar-refractivity contribution in [3.8, 4) is 5.75 Å². The number of anilines is 1. The van der Waals surface area contributed by atoms with E-state index in [1.807, 2.05) is 0 Å². The third kappa shape index (κ3) is 4.76. The first-order valence-electron chi connectivity index (χ1n) is 10.1. The molecular weight excluding hydrogens is 502 g/mol. The molecule has 2 aromatic rings. The zero-order valence-electron chi connectivity index (χ0n) is 17.7. The zero-order valence-corrected chi connectivity index (χ0v) is 18.6. The predicted octanol–water partition coefficient (Wildman–Crippen LogP) is 3.75. The van der Waals surface area contributed by atoms with Crippen molar-refractivity contribution in [1.82, 2.24) is 4.98 Å². The van der Waals surface area contributed by atoms with Crippen LogP contribution in [0.5, 0.6) is 5.75 Å². The Balaban J connectivity index is 1.51. The first kappa shape index (κ1) is 25.1. The predicted molar refractivity (Wildman–Crippen MR) is 115 cm³/mol. The van der Waals surface area contributed by atoms with Crippen molar-refractivity contribution in [2.24, 2.45) is 10.7 Å². The van der Waals surface area contributed by atoms with Crippen LogP contribution in [0, 0.1) is 5.82 Å². The molecule has 1 aromatic heterocycles. The number of amides is 1. The number of carbonyl (C=O) groups is 1. The fourth-order valence-electron chi connectivity index (χ4n) is 3.65. The summed E-state index contributed by atoms with van der Waals surface area (Å²) in [5, 5.41) is 2.56. The largest absolute Gasteiger partial charge is 0.485 e. The highest BCUT2D eigenvalue weighted by molar-refractivity contribution is 8.13. The summed E-state index contributed by atoms with van der Waals surface area (Å²) in [6.07, 6.45) is -2.98. The van der Waals surface area contributed by atoms with Gasteiger partial charge in [0.2, 0.25) is 0 Å². The topological polar surface area (TPSA) is 98.8 Å². The van der Waals surface area contributed by atoms with Gasteiger partial charge < -0.3 is 20.5 Å². The number of benzene rings is 1. The second-order valence-electron chi connectivity index (χ2n) is 7.94. The normalized spacial score (nSPS) is 24.1. The highest BCUT2D eigenvalue weighted by Gasteiger charge is 2.61. The van der Waals surface area contributed by atoms with Gasteiger partial charge in [0.25, 0.3) is 5.91 Å². The molecule has 3 N–H and O–H groups in total. The van der Waals surface area contributed by atoms with Crippen molar-refractivity contribution in [2.75, 3.05) is 30.9 Å². The Bertz CT molecular complexity index is 1150. The van der Waals surface area contributed by atoms with Crippen LogP contribution >= 0.6 is 11.8 Å². The quantitative estimate of drug-likeness (QED) is 0.540. The van der Waals surface area contributed by atoms with Gasteiger partial charge in [0.15, 0.2) is 23.0 Å². The molecule has 0 bridgehead atoms. The number of alkyl halides is 5. The summed E-state index contributed by atoms with van der Waals surface area (Å²) in [5.41, 5.74) is 1.84. The maximum absolute atomic E-state index is 15.7. The lowest BCUT2D eigenvalue weighted by Crippen LogP contribution is -2.52. The summed E-state index contributed by atoms with van der Waals surface area (Å²) in [4.78, 5) is 20.5. The third-order valence-corrected chi connectivity index (χ3v) is 6.51. The van der Waals surface area contributed by atoms with Crippen molar-refractivity contribution >= 4 is 28.5 Å². The van der Waals surface area contributed by atoms with Crippen LogP contribution in [0.2, 0.25) is 0 Å². The van der Waals surface area contributed by atoms with Crippen LogP contribution in [-0.2, 0) is 10.3 Å². The Hall–Kier alpha value is -3.00. The highest BCUT2D eigenvalue weighted by atomic mass is 32.2. The lowest BCUT2D eigenvalue weighted by atomic mass is 9.79. The monoisotopic (exact) mass is 520 g/mol. The van der Waals surface area contributed by atoms with Crippen molar-refractivity contribution < 1.29 is 40.6 Å². The van der Waals surface area contributed by atoms with Crippen LogP contribution in [0.15, 0.2) is 41.5 Å². The minimum atomic E-state index is -4.34. The Morgan fingerprint density at radius 3 is 2.74 bits per heavy atom. The minimum absolute atomic E-state index is 0.0791. The Morgan fingerprint density at radius 2 is 2.06 bits per heavy atom. The van der Waals surface area contributed by atoms with Crippen LogP contribution in [0.4, 0.5) is 32.0 Å². The number of thioether (sulfide) groups is 1. The average Bonchev–Trinajstić information content (AvgIpc) is 3.16. The molecular formula is C21H18F6N4O3S. The number of aromatic nitrogens is 1. The fraction of sp³-hybridized carbons (Fsp3) is 0.381. The number of nitrogens with zero attached hydrogens (tertiary/aromatic N) is 2. The third-order valence-electron chi connectivity index (χ3n) is 5.52. The molecule has 0 spiro atoms. The second-order valence-corrected chi connectivity index (χ2v) is 8.93. The fourth-order valence-corrected chi connectivity index (χ4v) is 4.57. The van der Waals surface area contributed by atoms with Gasteiger partial charge in [0.05, 0.1) is 19.4 Å². The molecule has 1 amide bonds. The van der Waals surface area contributed by atoms with Crippen LogP contribution in [0.25, 0.3) is 0 Å².